The van der Waals surface area contributed by atoms with Crippen LogP contribution in [0.4, 0.5) is 5.82 Å². The SMILES string of the molecule is CCNC(=NCCNc1ccc2ccccc2n1)NC1CCCC(S(=O)CC)C1. The van der Waals surface area contributed by atoms with Crippen LogP contribution in [0, 0.1) is 0 Å². The third-order valence-corrected chi connectivity index (χ3v) is 6.99. The first-order valence-electron chi connectivity index (χ1n) is 10.7. The van der Waals surface area contributed by atoms with Crippen LogP contribution >= 0.6 is 0 Å². The summed E-state index contributed by atoms with van der Waals surface area (Å²) in [6.45, 7) is 6.28. The van der Waals surface area contributed by atoms with E-state index in [-0.39, 0.29) is 0 Å². The Morgan fingerprint density at radius 3 is 2.90 bits per heavy atom. The van der Waals surface area contributed by atoms with Crippen LogP contribution in [-0.2, 0) is 10.8 Å². The quantitative estimate of drug-likeness (QED) is 0.350. The average Bonchev–Trinajstić information content (AvgIpc) is 2.76. The van der Waals surface area contributed by atoms with Gasteiger partial charge in [-0.25, -0.2) is 4.98 Å². The molecule has 6 nitrogen and oxygen atoms in total. The van der Waals surface area contributed by atoms with Crippen molar-refractivity contribution in [3.05, 3.63) is 36.4 Å². The fourth-order valence-corrected chi connectivity index (χ4v) is 5.13. The number of para-hydroxylation sites is 1. The zero-order chi connectivity index (χ0) is 20.5. The average molecular weight is 416 g/mol. The van der Waals surface area contributed by atoms with E-state index in [4.69, 9.17) is 4.99 Å². The minimum Gasteiger partial charge on any atom is -0.368 e. The van der Waals surface area contributed by atoms with Gasteiger partial charge in [0, 0.05) is 46.3 Å². The predicted molar refractivity (Wildman–Crippen MR) is 124 cm³/mol. The number of anilines is 1. The fourth-order valence-electron chi connectivity index (χ4n) is 3.78. The van der Waals surface area contributed by atoms with Gasteiger partial charge in [0.2, 0.25) is 0 Å². The number of hydrogen-bond acceptors (Lipinski definition) is 4. The molecule has 0 saturated heterocycles. The summed E-state index contributed by atoms with van der Waals surface area (Å²) in [7, 11) is -0.708. The fraction of sp³-hybridized carbons (Fsp3) is 0.545. The molecule has 29 heavy (non-hydrogen) atoms. The van der Waals surface area contributed by atoms with Gasteiger partial charge < -0.3 is 16.0 Å². The maximum Gasteiger partial charge on any atom is 0.191 e. The summed E-state index contributed by atoms with van der Waals surface area (Å²) in [5.41, 5.74) is 0.993. The minimum absolute atomic E-state index is 0.315. The normalized spacial score (nSPS) is 21.0. The lowest BCUT2D eigenvalue weighted by molar-refractivity contribution is 0.413. The van der Waals surface area contributed by atoms with E-state index in [1.54, 1.807) is 0 Å². The van der Waals surface area contributed by atoms with E-state index < -0.39 is 10.8 Å². The number of aromatic nitrogens is 1. The van der Waals surface area contributed by atoms with Crippen molar-refractivity contribution in [1.82, 2.24) is 15.6 Å². The molecule has 2 aromatic rings. The first-order valence-corrected chi connectivity index (χ1v) is 12.1. The van der Waals surface area contributed by atoms with E-state index in [0.29, 0.717) is 17.8 Å². The van der Waals surface area contributed by atoms with E-state index in [9.17, 15) is 4.21 Å². The van der Waals surface area contributed by atoms with Crippen LogP contribution in [0.15, 0.2) is 41.4 Å². The molecule has 0 amide bonds. The highest BCUT2D eigenvalue weighted by molar-refractivity contribution is 7.85. The minimum atomic E-state index is -0.708. The Labute approximate surface area is 176 Å². The van der Waals surface area contributed by atoms with Crippen molar-refractivity contribution in [2.45, 2.75) is 50.8 Å². The number of aliphatic imine (C=N–C) groups is 1. The summed E-state index contributed by atoms with van der Waals surface area (Å²) in [4.78, 5) is 9.34. The molecule has 1 aliphatic carbocycles. The molecule has 3 atom stereocenters. The van der Waals surface area contributed by atoms with Crippen LogP contribution in [0.1, 0.15) is 39.5 Å². The molecule has 7 heteroatoms. The zero-order valence-electron chi connectivity index (χ0n) is 17.5. The Kier molecular flexibility index (Phi) is 8.28. The highest BCUT2D eigenvalue weighted by Crippen LogP contribution is 2.23. The number of benzene rings is 1. The molecule has 3 unspecified atom stereocenters. The molecular formula is C22H33N5OS. The summed E-state index contributed by atoms with van der Waals surface area (Å²) in [5, 5.41) is 11.7. The second-order valence-corrected chi connectivity index (χ2v) is 9.38. The Bertz CT molecular complexity index is 841. The van der Waals surface area contributed by atoms with Gasteiger partial charge in [0.05, 0.1) is 12.1 Å². The summed E-state index contributed by atoms with van der Waals surface area (Å²) in [6.07, 6.45) is 4.28. The lowest BCUT2D eigenvalue weighted by atomic mass is 9.95. The van der Waals surface area contributed by atoms with Gasteiger partial charge in [-0.15, -0.1) is 0 Å². The molecule has 3 rings (SSSR count). The molecule has 0 radical (unpaired) electrons. The molecule has 1 saturated carbocycles. The third kappa shape index (κ3) is 6.42. The second-order valence-electron chi connectivity index (χ2n) is 7.38. The summed E-state index contributed by atoms with van der Waals surface area (Å²) in [5.74, 6) is 2.46. The molecule has 158 valence electrons. The van der Waals surface area contributed by atoms with Crippen LogP contribution in [0.2, 0.25) is 0 Å². The lowest BCUT2D eigenvalue weighted by Gasteiger charge is -2.30. The summed E-state index contributed by atoms with van der Waals surface area (Å²) < 4.78 is 12.2. The number of guanidine groups is 1. The molecule has 0 spiro atoms. The monoisotopic (exact) mass is 415 g/mol. The number of rotatable bonds is 8. The smallest absolute Gasteiger partial charge is 0.191 e. The van der Waals surface area contributed by atoms with Crippen LogP contribution in [-0.4, -0.2) is 51.8 Å². The highest BCUT2D eigenvalue weighted by Gasteiger charge is 2.25. The molecule has 1 heterocycles. The second kappa shape index (κ2) is 11.1. The summed E-state index contributed by atoms with van der Waals surface area (Å²) in [6, 6.07) is 12.5. The third-order valence-electron chi connectivity index (χ3n) is 5.25. The molecule has 0 bridgehead atoms. The van der Waals surface area contributed by atoms with Crippen molar-refractivity contribution in [2.24, 2.45) is 4.99 Å². The van der Waals surface area contributed by atoms with Crippen LogP contribution in [0.5, 0.6) is 0 Å². The maximum atomic E-state index is 12.2. The van der Waals surface area contributed by atoms with Crippen molar-refractivity contribution in [3.63, 3.8) is 0 Å². The van der Waals surface area contributed by atoms with E-state index >= 15 is 0 Å². The maximum absolute atomic E-state index is 12.2. The van der Waals surface area contributed by atoms with Gasteiger partial charge in [0.1, 0.15) is 5.82 Å². The number of hydrogen-bond donors (Lipinski definition) is 3. The summed E-state index contributed by atoms with van der Waals surface area (Å²) >= 11 is 0. The van der Waals surface area contributed by atoms with Crippen molar-refractivity contribution in [3.8, 4) is 0 Å². The standard InChI is InChI=1S/C22H33N5OS/c1-3-23-22(26-18-9-7-10-19(16-18)29(28)4-2)25-15-14-24-21-13-12-17-8-5-6-11-20(17)27-21/h5-6,8,11-13,18-19H,3-4,7,9-10,14-16H2,1-2H3,(H,24,27)(H2,23,25,26). The first kappa shape index (κ1) is 21.6. The first-order chi connectivity index (χ1) is 14.2. The Morgan fingerprint density at radius 2 is 2.07 bits per heavy atom. The van der Waals surface area contributed by atoms with E-state index in [1.165, 1.54) is 0 Å². The van der Waals surface area contributed by atoms with Crippen LogP contribution in [0.3, 0.4) is 0 Å². The van der Waals surface area contributed by atoms with E-state index in [2.05, 4.69) is 40.0 Å². The predicted octanol–water partition coefficient (Wildman–Crippen LogP) is 3.28. The van der Waals surface area contributed by atoms with Crippen molar-refractivity contribution in [1.29, 1.82) is 0 Å². The number of nitrogens with one attached hydrogen (secondary N) is 3. The molecule has 1 fully saturated rings. The molecule has 1 aliphatic rings. The van der Waals surface area contributed by atoms with Crippen molar-refractivity contribution < 1.29 is 4.21 Å². The van der Waals surface area contributed by atoms with Gasteiger partial charge in [-0.1, -0.05) is 31.5 Å². The molecular weight excluding hydrogens is 382 g/mol. The highest BCUT2D eigenvalue weighted by atomic mass is 32.2. The van der Waals surface area contributed by atoms with Crippen molar-refractivity contribution in [2.75, 3.05) is 30.7 Å². The van der Waals surface area contributed by atoms with Crippen molar-refractivity contribution >= 4 is 33.5 Å². The van der Waals surface area contributed by atoms with Crippen LogP contribution < -0.4 is 16.0 Å². The number of nitrogens with zero attached hydrogens (tertiary/aromatic N) is 2. The van der Waals surface area contributed by atoms with Gasteiger partial charge in [0.15, 0.2) is 5.96 Å². The number of pyridine rings is 1. The number of fused-ring (bicyclic) bond motifs is 1. The zero-order valence-corrected chi connectivity index (χ0v) is 18.3. The van der Waals surface area contributed by atoms with Crippen LogP contribution in [0.25, 0.3) is 10.9 Å². The van der Waals surface area contributed by atoms with Gasteiger partial charge >= 0.3 is 0 Å². The Balaban J connectivity index is 1.51. The largest absolute Gasteiger partial charge is 0.368 e. The molecule has 1 aromatic carbocycles. The molecule has 0 aliphatic heterocycles. The Hall–Kier alpha value is -2.15. The lowest BCUT2D eigenvalue weighted by Crippen LogP contribution is -2.46. The Morgan fingerprint density at radius 1 is 1.21 bits per heavy atom. The van der Waals surface area contributed by atoms with E-state index in [1.807, 2.05) is 31.2 Å². The van der Waals surface area contributed by atoms with Gasteiger partial charge in [-0.05, 0) is 44.4 Å². The van der Waals surface area contributed by atoms with Gasteiger partial charge in [-0.2, -0.15) is 0 Å². The van der Waals surface area contributed by atoms with Gasteiger partial charge in [0.25, 0.3) is 0 Å². The topological polar surface area (TPSA) is 78.4 Å². The molecule has 3 N–H and O–H groups in total. The molecule has 1 aromatic heterocycles. The van der Waals surface area contributed by atoms with Gasteiger partial charge in [-0.3, -0.25) is 9.20 Å². The van der Waals surface area contributed by atoms with E-state index in [0.717, 1.165) is 67.2 Å².